The van der Waals surface area contributed by atoms with Crippen LogP contribution in [0.4, 0.5) is 0 Å². The van der Waals surface area contributed by atoms with Crippen molar-refractivity contribution in [1.29, 1.82) is 0 Å². The third kappa shape index (κ3) is 3.51. The molecular weight excluding hydrogens is 318 g/mol. The molecule has 3 aromatic heterocycles. The lowest BCUT2D eigenvalue weighted by Gasteiger charge is -2.26. The lowest BCUT2D eigenvalue weighted by atomic mass is 10.0. The van der Waals surface area contributed by atoms with Gasteiger partial charge in [-0.15, -0.1) is 0 Å². The number of H-pyrrole nitrogens is 1. The lowest BCUT2D eigenvalue weighted by Crippen LogP contribution is -2.47. The summed E-state index contributed by atoms with van der Waals surface area (Å²) in [7, 11) is 0. The molecule has 7 heteroatoms. The van der Waals surface area contributed by atoms with E-state index in [-0.39, 0.29) is 5.91 Å². The fourth-order valence-corrected chi connectivity index (χ4v) is 2.27. The largest absolute Gasteiger partial charge is 0.388 e. The third-order valence-corrected chi connectivity index (χ3v) is 4.24. The van der Waals surface area contributed by atoms with Crippen molar-refractivity contribution in [2.75, 3.05) is 0 Å². The molecule has 1 amide bonds. The molecule has 0 aliphatic rings. The predicted octanol–water partition coefficient (Wildman–Crippen LogP) is 2.22. The highest BCUT2D eigenvalue weighted by Crippen LogP contribution is 2.21. The molecule has 7 nitrogen and oxygen atoms in total. The van der Waals surface area contributed by atoms with Crippen LogP contribution in [0, 0.1) is 6.92 Å². The van der Waals surface area contributed by atoms with Crippen LogP contribution < -0.4 is 5.32 Å². The first-order chi connectivity index (χ1) is 11.8. The number of aromatic amines is 1. The molecule has 0 fully saturated rings. The number of rotatable bonds is 4. The van der Waals surface area contributed by atoms with Gasteiger partial charge in [0.05, 0.1) is 29.1 Å². The highest BCUT2D eigenvalue weighted by molar-refractivity contribution is 6.04. The Morgan fingerprint density at radius 3 is 2.68 bits per heavy atom. The van der Waals surface area contributed by atoms with Crippen molar-refractivity contribution in [2.45, 2.75) is 39.3 Å². The van der Waals surface area contributed by atoms with E-state index in [0.29, 0.717) is 22.4 Å². The van der Waals surface area contributed by atoms with E-state index >= 15 is 0 Å². The molecule has 0 bridgehead atoms. The number of carbonyl (C=O) groups is 1. The maximum absolute atomic E-state index is 12.5. The average Bonchev–Trinajstić information content (AvgIpc) is 2.97. The summed E-state index contributed by atoms with van der Waals surface area (Å²) in [6.45, 7) is 6.96. The van der Waals surface area contributed by atoms with E-state index in [1.165, 1.54) is 0 Å². The molecule has 0 unspecified atom stereocenters. The van der Waals surface area contributed by atoms with E-state index in [2.05, 4.69) is 25.3 Å². The monoisotopic (exact) mass is 339 g/mol. The second-order valence-electron chi connectivity index (χ2n) is 6.69. The summed E-state index contributed by atoms with van der Waals surface area (Å²) < 4.78 is 0. The van der Waals surface area contributed by atoms with Crippen LogP contribution in [0.25, 0.3) is 22.4 Å². The lowest BCUT2D eigenvalue weighted by molar-refractivity contribution is 0.0409. The van der Waals surface area contributed by atoms with Crippen molar-refractivity contribution in [3.8, 4) is 11.3 Å². The summed E-state index contributed by atoms with van der Waals surface area (Å²) in [5.41, 5.74) is 2.78. The minimum Gasteiger partial charge on any atom is -0.388 e. The Labute approximate surface area is 145 Å². The van der Waals surface area contributed by atoms with E-state index in [9.17, 15) is 9.90 Å². The van der Waals surface area contributed by atoms with Crippen LogP contribution in [0.3, 0.4) is 0 Å². The predicted molar refractivity (Wildman–Crippen MR) is 95.1 cm³/mol. The van der Waals surface area contributed by atoms with Gasteiger partial charge in [0, 0.05) is 23.7 Å². The SMILES string of the molecule is Cc1ccc(-c2cnc3[nH]cc(C(=O)N[C@@H](C)C(C)(C)O)c3n2)cn1. The van der Waals surface area contributed by atoms with Crippen molar-refractivity contribution < 1.29 is 9.90 Å². The molecule has 130 valence electrons. The molecule has 0 aliphatic carbocycles. The molecule has 0 aromatic carbocycles. The van der Waals surface area contributed by atoms with Crippen molar-refractivity contribution >= 4 is 17.1 Å². The number of aryl methyl sites for hydroxylation is 1. The first kappa shape index (κ1) is 17.0. The van der Waals surface area contributed by atoms with Crippen LogP contribution in [0.15, 0.2) is 30.7 Å². The number of fused-ring (bicyclic) bond motifs is 1. The third-order valence-electron chi connectivity index (χ3n) is 4.24. The molecule has 3 rings (SSSR count). The summed E-state index contributed by atoms with van der Waals surface area (Å²) in [6.07, 6.45) is 4.95. The van der Waals surface area contributed by atoms with Crippen LogP contribution in [-0.4, -0.2) is 42.6 Å². The zero-order valence-electron chi connectivity index (χ0n) is 14.7. The molecular formula is C18H21N5O2. The molecule has 0 saturated carbocycles. The quantitative estimate of drug-likeness (QED) is 0.676. The van der Waals surface area contributed by atoms with E-state index < -0.39 is 11.6 Å². The summed E-state index contributed by atoms with van der Waals surface area (Å²) in [5, 5.41) is 12.8. The van der Waals surface area contributed by atoms with E-state index in [1.54, 1.807) is 39.4 Å². The molecule has 0 aliphatic heterocycles. The Balaban J connectivity index is 1.96. The molecule has 0 saturated heterocycles. The molecule has 3 aromatic rings. The smallest absolute Gasteiger partial charge is 0.255 e. The Morgan fingerprint density at radius 2 is 2.04 bits per heavy atom. The summed E-state index contributed by atoms with van der Waals surface area (Å²) >= 11 is 0. The molecule has 3 heterocycles. The first-order valence-corrected chi connectivity index (χ1v) is 8.06. The van der Waals surface area contributed by atoms with Gasteiger partial charge in [-0.05, 0) is 39.8 Å². The van der Waals surface area contributed by atoms with Crippen LogP contribution in [-0.2, 0) is 0 Å². The van der Waals surface area contributed by atoms with E-state index in [4.69, 9.17) is 0 Å². The summed E-state index contributed by atoms with van der Waals surface area (Å²) in [5.74, 6) is -0.311. The normalized spacial score (nSPS) is 13.0. The minimum absolute atomic E-state index is 0.311. The van der Waals surface area contributed by atoms with Gasteiger partial charge in [0.15, 0.2) is 5.65 Å². The van der Waals surface area contributed by atoms with Crippen LogP contribution in [0.2, 0.25) is 0 Å². The fourth-order valence-electron chi connectivity index (χ4n) is 2.27. The van der Waals surface area contributed by atoms with Crippen LogP contribution >= 0.6 is 0 Å². The summed E-state index contributed by atoms with van der Waals surface area (Å²) in [6, 6.07) is 3.40. The number of pyridine rings is 1. The number of aromatic nitrogens is 4. The number of amides is 1. The number of aliphatic hydroxyl groups is 1. The maximum Gasteiger partial charge on any atom is 0.255 e. The number of nitrogens with zero attached hydrogens (tertiary/aromatic N) is 3. The van der Waals surface area contributed by atoms with Gasteiger partial charge in [-0.3, -0.25) is 9.78 Å². The second kappa shape index (κ2) is 6.25. The van der Waals surface area contributed by atoms with Crippen molar-refractivity contribution in [3.05, 3.63) is 42.0 Å². The van der Waals surface area contributed by atoms with Gasteiger partial charge in [0.25, 0.3) is 5.91 Å². The molecule has 0 radical (unpaired) electrons. The Morgan fingerprint density at radius 1 is 1.28 bits per heavy atom. The summed E-state index contributed by atoms with van der Waals surface area (Å²) in [4.78, 5) is 28.7. The van der Waals surface area contributed by atoms with Crippen molar-refractivity contribution in [3.63, 3.8) is 0 Å². The van der Waals surface area contributed by atoms with Gasteiger partial charge >= 0.3 is 0 Å². The Bertz CT molecular complexity index is 909. The molecule has 1 atom stereocenters. The highest BCUT2D eigenvalue weighted by Gasteiger charge is 2.25. The fraction of sp³-hybridized carbons (Fsp3) is 0.333. The van der Waals surface area contributed by atoms with E-state index in [0.717, 1.165) is 11.3 Å². The standard InChI is InChI=1S/C18H21N5O2/c1-10-5-6-12(7-19-10)14-9-21-16-15(23-14)13(8-20-16)17(24)22-11(2)18(3,4)25/h5-9,11,25H,1-4H3,(H,20,21)(H,22,24)/t11-/m0/s1. The molecule has 25 heavy (non-hydrogen) atoms. The van der Waals surface area contributed by atoms with Crippen LogP contribution in [0.1, 0.15) is 36.8 Å². The number of carbonyl (C=O) groups excluding carboxylic acids is 1. The van der Waals surface area contributed by atoms with Gasteiger partial charge in [-0.2, -0.15) is 0 Å². The van der Waals surface area contributed by atoms with Gasteiger partial charge < -0.3 is 15.4 Å². The van der Waals surface area contributed by atoms with Gasteiger partial charge in [0.2, 0.25) is 0 Å². The molecule has 3 N–H and O–H groups in total. The van der Waals surface area contributed by atoms with Crippen molar-refractivity contribution in [1.82, 2.24) is 25.3 Å². The number of nitrogens with one attached hydrogen (secondary N) is 2. The number of hydrogen-bond donors (Lipinski definition) is 3. The van der Waals surface area contributed by atoms with Crippen LogP contribution in [0.5, 0.6) is 0 Å². The average molecular weight is 339 g/mol. The van der Waals surface area contributed by atoms with E-state index in [1.807, 2.05) is 19.1 Å². The van der Waals surface area contributed by atoms with Gasteiger partial charge in [-0.25, -0.2) is 9.97 Å². The highest BCUT2D eigenvalue weighted by atomic mass is 16.3. The topological polar surface area (TPSA) is 104 Å². The Hall–Kier alpha value is -2.80. The minimum atomic E-state index is -1.02. The second-order valence-corrected chi connectivity index (χ2v) is 6.69. The first-order valence-electron chi connectivity index (χ1n) is 8.06. The van der Waals surface area contributed by atoms with Gasteiger partial charge in [-0.1, -0.05) is 0 Å². The Kier molecular flexibility index (Phi) is 4.26. The number of hydrogen-bond acceptors (Lipinski definition) is 5. The zero-order chi connectivity index (χ0) is 18.2. The zero-order valence-corrected chi connectivity index (χ0v) is 14.7. The van der Waals surface area contributed by atoms with Gasteiger partial charge in [0.1, 0.15) is 5.52 Å². The maximum atomic E-state index is 12.5. The molecule has 0 spiro atoms. The van der Waals surface area contributed by atoms with Crippen molar-refractivity contribution in [2.24, 2.45) is 0 Å².